The van der Waals surface area contributed by atoms with Crippen LogP contribution in [0.3, 0.4) is 0 Å². The summed E-state index contributed by atoms with van der Waals surface area (Å²) in [7, 11) is 0. The Morgan fingerprint density at radius 2 is 2.11 bits per heavy atom. The molecule has 0 radical (unpaired) electrons. The van der Waals surface area contributed by atoms with Crippen LogP contribution in [0.5, 0.6) is 0 Å². The molecule has 0 saturated carbocycles. The van der Waals surface area contributed by atoms with Crippen molar-refractivity contribution in [3.05, 3.63) is 49.6 Å². The maximum Gasteiger partial charge on any atom is 0.407 e. The summed E-state index contributed by atoms with van der Waals surface area (Å²) < 4.78 is 16.9. The van der Waals surface area contributed by atoms with Crippen molar-refractivity contribution in [2.75, 3.05) is 6.54 Å². The van der Waals surface area contributed by atoms with Crippen molar-refractivity contribution in [1.29, 1.82) is 0 Å². The highest BCUT2D eigenvalue weighted by Gasteiger charge is 2.61. The SMILES string of the molecule is C=CCC[C@@]1(C)O[C@@H]1[C@H]1OC(=O)C(=C)[C@@H]1C[C@H](OC(=O)NCC=C)C(=C)C. The van der Waals surface area contributed by atoms with Crippen molar-refractivity contribution in [2.24, 2.45) is 5.92 Å². The fourth-order valence-corrected chi connectivity index (χ4v) is 3.35. The van der Waals surface area contributed by atoms with E-state index in [1.54, 1.807) is 13.0 Å². The van der Waals surface area contributed by atoms with Gasteiger partial charge in [0.1, 0.15) is 18.3 Å². The average Bonchev–Trinajstić information content (AvgIpc) is 3.22. The average molecular weight is 375 g/mol. The largest absolute Gasteiger partial charge is 0.455 e. The highest BCUT2D eigenvalue weighted by Crippen LogP contribution is 2.49. The smallest absolute Gasteiger partial charge is 0.407 e. The van der Waals surface area contributed by atoms with Crippen LogP contribution in [0.1, 0.15) is 33.1 Å². The number of esters is 1. The third kappa shape index (κ3) is 4.89. The fraction of sp³-hybridized carbons (Fsp3) is 0.524. The number of carbonyl (C=O) groups is 2. The Morgan fingerprint density at radius 1 is 1.41 bits per heavy atom. The van der Waals surface area contributed by atoms with Gasteiger partial charge < -0.3 is 19.5 Å². The monoisotopic (exact) mass is 375 g/mol. The molecule has 0 aliphatic carbocycles. The molecule has 2 saturated heterocycles. The van der Waals surface area contributed by atoms with Gasteiger partial charge in [-0.2, -0.15) is 0 Å². The van der Waals surface area contributed by atoms with Gasteiger partial charge in [-0.15, -0.1) is 13.2 Å². The Kier molecular flexibility index (Phi) is 6.65. The number of rotatable bonds is 10. The molecule has 1 N–H and O–H groups in total. The van der Waals surface area contributed by atoms with Crippen LogP contribution in [0.2, 0.25) is 0 Å². The maximum atomic E-state index is 12.1. The molecular weight excluding hydrogens is 346 g/mol. The minimum Gasteiger partial charge on any atom is -0.455 e. The van der Waals surface area contributed by atoms with Crippen LogP contribution < -0.4 is 5.32 Å². The first-order chi connectivity index (χ1) is 12.7. The Bertz CT molecular complexity index is 655. The van der Waals surface area contributed by atoms with Crippen molar-refractivity contribution < 1.29 is 23.8 Å². The van der Waals surface area contributed by atoms with Gasteiger partial charge in [0.25, 0.3) is 0 Å². The Labute approximate surface area is 160 Å². The lowest BCUT2D eigenvalue weighted by Gasteiger charge is -2.24. The van der Waals surface area contributed by atoms with Gasteiger partial charge in [0.05, 0.1) is 5.60 Å². The molecule has 0 aromatic rings. The van der Waals surface area contributed by atoms with Crippen molar-refractivity contribution in [1.82, 2.24) is 5.32 Å². The zero-order valence-corrected chi connectivity index (χ0v) is 16.2. The second-order valence-corrected chi connectivity index (χ2v) is 7.33. The van der Waals surface area contributed by atoms with E-state index in [9.17, 15) is 9.59 Å². The third-order valence-electron chi connectivity index (χ3n) is 5.09. The first-order valence-electron chi connectivity index (χ1n) is 9.12. The first-order valence-corrected chi connectivity index (χ1v) is 9.12. The number of carbonyl (C=O) groups excluding carboxylic acids is 2. The van der Waals surface area contributed by atoms with E-state index in [0.717, 1.165) is 12.8 Å². The Hall–Kier alpha value is -2.34. The number of epoxide rings is 1. The molecule has 148 valence electrons. The molecule has 5 atom stereocenters. The maximum absolute atomic E-state index is 12.1. The number of hydrogen-bond acceptors (Lipinski definition) is 5. The summed E-state index contributed by atoms with van der Waals surface area (Å²) in [5.74, 6) is -0.731. The van der Waals surface area contributed by atoms with E-state index in [4.69, 9.17) is 14.2 Å². The van der Waals surface area contributed by atoms with E-state index in [1.165, 1.54) is 0 Å². The number of hydrogen-bond donors (Lipinski definition) is 1. The van der Waals surface area contributed by atoms with E-state index < -0.39 is 24.3 Å². The zero-order valence-electron chi connectivity index (χ0n) is 16.2. The van der Waals surface area contributed by atoms with Crippen LogP contribution in [0.4, 0.5) is 4.79 Å². The van der Waals surface area contributed by atoms with Gasteiger partial charge in [0.2, 0.25) is 0 Å². The molecule has 2 rings (SSSR count). The van der Waals surface area contributed by atoms with Gasteiger partial charge in [-0.05, 0) is 38.7 Å². The molecule has 0 spiro atoms. The molecule has 2 heterocycles. The Morgan fingerprint density at radius 3 is 2.70 bits per heavy atom. The molecule has 1 amide bonds. The van der Waals surface area contributed by atoms with Gasteiger partial charge in [0.15, 0.2) is 0 Å². The van der Waals surface area contributed by atoms with Gasteiger partial charge in [-0.25, -0.2) is 9.59 Å². The molecule has 0 aromatic heterocycles. The molecule has 2 aliphatic rings. The standard InChI is InChI=1S/C21H29NO5/c1-7-9-10-21(6)18(27-21)17-15(14(5)19(23)26-17)12-16(13(3)4)25-20(24)22-11-8-2/h7-8,15-18H,1-3,5,9-12H2,4,6H3,(H,22,24)/t15-,16-,17-,18+,21+/m0/s1. The molecule has 0 unspecified atom stereocenters. The normalized spacial score (nSPS) is 30.2. The van der Waals surface area contributed by atoms with E-state index in [-0.39, 0.29) is 17.6 Å². The van der Waals surface area contributed by atoms with Crippen LogP contribution in [0.25, 0.3) is 0 Å². The zero-order chi connectivity index (χ0) is 20.2. The van der Waals surface area contributed by atoms with E-state index in [2.05, 4.69) is 31.6 Å². The van der Waals surface area contributed by atoms with Gasteiger partial charge in [-0.3, -0.25) is 0 Å². The summed E-state index contributed by atoms with van der Waals surface area (Å²) >= 11 is 0. The lowest BCUT2D eigenvalue weighted by atomic mass is 9.84. The number of amides is 1. The predicted molar refractivity (Wildman–Crippen MR) is 103 cm³/mol. The summed E-state index contributed by atoms with van der Waals surface area (Å²) in [4.78, 5) is 24.0. The van der Waals surface area contributed by atoms with Gasteiger partial charge in [-0.1, -0.05) is 25.3 Å². The van der Waals surface area contributed by atoms with Crippen LogP contribution in [0, 0.1) is 5.92 Å². The van der Waals surface area contributed by atoms with Crippen LogP contribution in [-0.2, 0) is 19.0 Å². The lowest BCUT2D eigenvalue weighted by Crippen LogP contribution is -2.34. The number of alkyl carbamates (subject to hydrolysis) is 1. The van der Waals surface area contributed by atoms with Crippen molar-refractivity contribution in [3.8, 4) is 0 Å². The highest BCUT2D eigenvalue weighted by molar-refractivity contribution is 5.91. The molecule has 27 heavy (non-hydrogen) atoms. The van der Waals surface area contributed by atoms with Crippen molar-refractivity contribution in [2.45, 2.75) is 57.0 Å². The van der Waals surface area contributed by atoms with E-state index >= 15 is 0 Å². The molecule has 2 fully saturated rings. The molecule has 0 bridgehead atoms. The van der Waals surface area contributed by atoms with Crippen LogP contribution in [0.15, 0.2) is 49.6 Å². The predicted octanol–water partition coefficient (Wildman–Crippen LogP) is 3.45. The first kappa shape index (κ1) is 21.0. The second kappa shape index (κ2) is 8.57. The molecule has 2 aliphatic heterocycles. The number of ether oxygens (including phenoxy) is 3. The molecule has 0 aromatic carbocycles. The van der Waals surface area contributed by atoms with E-state index in [1.807, 2.05) is 13.0 Å². The van der Waals surface area contributed by atoms with Gasteiger partial charge >= 0.3 is 12.1 Å². The number of allylic oxidation sites excluding steroid dienone is 1. The second-order valence-electron chi connectivity index (χ2n) is 7.33. The summed E-state index contributed by atoms with van der Waals surface area (Å²) in [5, 5.41) is 2.57. The van der Waals surface area contributed by atoms with Crippen LogP contribution in [-0.4, -0.2) is 42.5 Å². The molecule has 6 nitrogen and oxygen atoms in total. The summed E-state index contributed by atoms with van der Waals surface area (Å²) in [5.41, 5.74) is 0.715. The minimum absolute atomic E-state index is 0.203. The van der Waals surface area contributed by atoms with E-state index in [0.29, 0.717) is 24.1 Å². The van der Waals surface area contributed by atoms with Crippen LogP contribution >= 0.6 is 0 Å². The highest BCUT2D eigenvalue weighted by atomic mass is 16.6. The van der Waals surface area contributed by atoms with Gasteiger partial charge in [0, 0.05) is 18.0 Å². The summed E-state index contributed by atoms with van der Waals surface area (Å²) in [6.45, 7) is 19.2. The minimum atomic E-state index is -0.563. The topological polar surface area (TPSA) is 77.2 Å². The molecule has 6 heteroatoms. The van der Waals surface area contributed by atoms with Crippen molar-refractivity contribution in [3.63, 3.8) is 0 Å². The fourth-order valence-electron chi connectivity index (χ4n) is 3.35. The molecular formula is C21H29NO5. The number of nitrogens with one attached hydrogen (secondary N) is 1. The summed E-state index contributed by atoms with van der Waals surface area (Å²) in [6, 6.07) is 0. The Balaban J connectivity index is 2.08. The summed E-state index contributed by atoms with van der Waals surface area (Å²) in [6.07, 6.45) is 3.62. The lowest BCUT2D eigenvalue weighted by molar-refractivity contribution is -0.140. The quantitative estimate of drug-likeness (QED) is 0.274. The van der Waals surface area contributed by atoms with Crippen molar-refractivity contribution >= 4 is 12.1 Å². The number of cyclic esters (lactones) is 1. The third-order valence-corrected chi connectivity index (χ3v) is 5.09.